The lowest BCUT2D eigenvalue weighted by atomic mass is 10.00. The number of benzene rings is 2. The van der Waals surface area contributed by atoms with Crippen molar-refractivity contribution in [2.75, 3.05) is 0 Å². The van der Waals surface area contributed by atoms with Gasteiger partial charge in [-0.15, -0.1) is 0 Å². The van der Waals surface area contributed by atoms with Gasteiger partial charge in [-0.1, -0.05) is 42.5 Å². The maximum Gasteiger partial charge on any atom is 0.407 e. The number of hydrogen-bond donors (Lipinski definition) is 2. The van der Waals surface area contributed by atoms with Gasteiger partial charge >= 0.3 is 6.09 Å². The van der Waals surface area contributed by atoms with E-state index >= 15 is 0 Å². The fourth-order valence-electron chi connectivity index (χ4n) is 3.74. The molecule has 3 rings (SSSR count). The van der Waals surface area contributed by atoms with E-state index in [1.54, 1.807) is 0 Å². The Morgan fingerprint density at radius 3 is 2.56 bits per heavy atom. The Labute approximate surface area is 191 Å². The number of nitrogens with one attached hydrogen (secondary N) is 2. The molecule has 1 heterocycles. The van der Waals surface area contributed by atoms with Gasteiger partial charge in [-0.25, -0.2) is 4.79 Å². The second-order valence-corrected chi connectivity index (χ2v) is 9.36. The number of aromatic nitrogens is 1. The normalized spacial score (nSPS) is 13.5. The molecule has 0 bridgehead atoms. The Morgan fingerprint density at radius 2 is 1.81 bits per heavy atom. The van der Waals surface area contributed by atoms with E-state index in [4.69, 9.17) is 4.74 Å². The van der Waals surface area contributed by atoms with Gasteiger partial charge in [-0.05, 0) is 75.6 Å². The SMILES string of the molecule is C[C@@H](NCc1ccc2cnccc2c1)[C@H](CCCc1ccccc1)NC(=O)OC(C)(C)C. The van der Waals surface area contributed by atoms with Crippen LogP contribution in [0.3, 0.4) is 0 Å². The fourth-order valence-corrected chi connectivity index (χ4v) is 3.74. The molecule has 2 N–H and O–H groups in total. The van der Waals surface area contributed by atoms with E-state index in [0.29, 0.717) is 0 Å². The van der Waals surface area contributed by atoms with Crippen LogP contribution in [0.15, 0.2) is 67.0 Å². The summed E-state index contributed by atoms with van der Waals surface area (Å²) < 4.78 is 5.51. The van der Waals surface area contributed by atoms with Gasteiger partial charge in [0.2, 0.25) is 0 Å². The number of rotatable bonds is 9. The number of fused-ring (bicyclic) bond motifs is 1. The topological polar surface area (TPSA) is 63.2 Å². The third-order valence-corrected chi connectivity index (χ3v) is 5.46. The smallest absolute Gasteiger partial charge is 0.407 e. The molecule has 2 aromatic carbocycles. The number of carbonyl (C=O) groups is 1. The van der Waals surface area contributed by atoms with Gasteiger partial charge in [0.25, 0.3) is 0 Å². The van der Waals surface area contributed by atoms with Crippen molar-refractivity contribution in [3.63, 3.8) is 0 Å². The maximum atomic E-state index is 12.5. The summed E-state index contributed by atoms with van der Waals surface area (Å²) in [6.45, 7) is 8.50. The van der Waals surface area contributed by atoms with Gasteiger partial charge in [0.05, 0.1) is 0 Å². The summed E-state index contributed by atoms with van der Waals surface area (Å²) in [7, 11) is 0. The van der Waals surface area contributed by atoms with Gasteiger partial charge in [-0.3, -0.25) is 4.98 Å². The van der Waals surface area contributed by atoms with Crippen molar-refractivity contribution in [3.05, 3.63) is 78.1 Å². The molecular weight excluding hydrogens is 398 g/mol. The van der Waals surface area contributed by atoms with Gasteiger partial charge in [0, 0.05) is 36.4 Å². The minimum atomic E-state index is -0.519. The highest BCUT2D eigenvalue weighted by atomic mass is 16.6. The van der Waals surface area contributed by atoms with Crippen molar-refractivity contribution >= 4 is 16.9 Å². The van der Waals surface area contributed by atoms with Crippen molar-refractivity contribution in [2.24, 2.45) is 0 Å². The first-order valence-corrected chi connectivity index (χ1v) is 11.4. The molecule has 0 aliphatic heterocycles. The van der Waals surface area contributed by atoms with Crippen LogP contribution in [0.25, 0.3) is 10.8 Å². The molecule has 0 saturated carbocycles. The molecule has 1 aromatic heterocycles. The third kappa shape index (κ3) is 7.65. The molecule has 0 aliphatic carbocycles. The largest absolute Gasteiger partial charge is 0.444 e. The van der Waals surface area contributed by atoms with Crippen molar-refractivity contribution < 1.29 is 9.53 Å². The van der Waals surface area contributed by atoms with Crippen LogP contribution in [-0.4, -0.2) is 28.8 Å². The summed E-state index contributed by atoms with van der Waals surface area (Å²) in [4.78, 5) is 16.6. The van der Waals surface area contributed by atoms with Crippen LogP contribution in [0.5, 0.6) is 0 Å². The third-order valence-electron chi connectivity index (χ3n) is 5.46. The lowest BCUT2D eigenvalue weighted by molar-refractivity contribution is 0.0490. The predicted octanol–water partition coefficient (Wildman–Crippen LogP) is 5.63. The van der Waals surface area contributed by atoms with Crippen molar-refractivity contribution in [2.45, 2.75) is 71.2 Å². The maximum absolute atomic E-state index is 12.5. The Hall–Kier alpha value is -2.92. The Balaban J connectivity index is 1.60. The van der Waals surface area contributed by atoms with Crippen LogP contribution < -0.4 is 10.6 Å². The second kappa shape index (κ2) is 11.1. The van der Waals surface area contributed by atoms with E-state index in [-0.39, 0.29) is 18.2 Å². The molecular formula is C27H35N3O2. The molecule has 170 valence electrons. The van der Waals surface area contributed by atoms with Crippen LogP contribution in [0.4, 0.5) is 4.79 Å². The summed E-state index contributed by atoms with van der Waals surface area (Å²) >= 11 is 0. The van der Waals surface area contributed by atoms with Crippen molar-refractivity contribution in [1.29, 1.82) is 0 Å². The molecule has 3 aromatic rings. The van der Waals surface area contributed by atoms with Crippen LogP contribution in [0.2, 0.25) is 0 Å². The number of hydrogen-bond acceptors (Lipinski definition) is 4. The number of carbonyl (C=O) groups excluding carboxylic acids is 1. The number of pyridine rings is 1. The van der Waals surface area contributed by atoms with E-state index < -0.39 is 5.60 Å². The van der Waals surface area contributed by atoms with Crippen LogP contribution in [-0.2, 0) is 17.7 Å². The van der Waals surface area contributed by atoms with E-state index in [1.807, 2.05) is 45.3 Å². The van der Waals surface area contributed by atoms with Crippen LogP contribution in [0, 0.1) is 0 Å². The molecule has 0 saturated heterocycles. The number of ether oxygens (including phenoxy) is 1. The zero-order valence-electron chi connectivity index (χ0n) is 19.6. The molecule has 0 unspecified atom stereocenters. The van der Waals surface area contributed by atoms with E-state index in [0.717, 1.165) is 31.2 Å². The van der Waals surface area contributed by atoms with Crippen LogP contribution in [0.1, 0.15) is 51.7 Å². The summed E-state index contributed by atoms with van der Waals surface area (Å²) in [6, 6.07) is 18.9. The molecule has 0 fully saturated rings. The second-order valence-electron chi connectivity index (χ2n) is 9.36. The van der Waals surface area contributed by atoms with Gasteiger partial charge < -0.3 is 15.4 Å². The fraction of sp³-hybridized carbons (Fsp3) is 0.407. The highest BCUT2D eigenvalue weighted by molar-refractivity contribution is 5.82. The molecule has 0 aliphatic rings. The number of alkyl carbamates (subject to hydrolysis) is 1. The Kier molecular flexibility index (Phi) is 8.23. The lowest BCUT2D eigenvalue weighted by Gasteiger charge is -2.28. The van der Waals surface area contributed by atoms with E-state index in [1.165, 1.54) is 16.5 Å². The van der Waals surface area contributed by atoms with Gasteiger partial charge in [0.1, 0.15) is 5.60 Å². The predicted molar refractivity (Wildman–Crippen MR) is 131 cm³/mol. The average molecular weight is 434 g/mol. The number of nitrogens with zero attached hydrogens (tertiary/aromatic N) is 1. The molecule has 1 amide bonds. The summed E-state index contributed by atoms with van der Waals surface area (Å²) in [6.07, 6.45) is 6.16. The Bertz CT molecular complexity index is 998. The highest BCUT2D eigenvalue weighted by Gasteiger charge is 2.23. The van der Waals surface area contributed by atoms with Gasteiger partial charge in [-0.2, -0.15) is 0 Å². The summed E-state index contributed by atoms with van der Waals surface area (Å²) in [5, 5.41) is 9.00. The minimum Gasteiger partial charge on any atom is -0.444 e. The first-order chi connectivity index (χ1) is 15.3. The first kappa shape index (κ1) is 23.7. The van der Waals surface area contributed by atoms with Crippen molar-refractivity contribution in [3.8, 4) is 0 Å². The zero-order chi connectivity index (χ0) is 23.0. The van der Waals surface area contributed by atoms with E-state index in [9.17, 15) is 4.79 Å². The van der Waals surface area contributed by atoms with E-state index in [2.05, 4.69) is 65.0 Å². The molecule has 0 radical (unpaired) electrons. The zero-order valence-corrected chi connectivity index (χ0v) is 19.6. The van der Waals surface area contributed by atoms with Gasteiger partial charge in [0.15, 0.2) is 0 Å². The molecule has 5 nitrogen and oxygen atoms in total. The first-order valence-electron chi connectivity index (χ1n) is 11.4. The monoisotopic (exact) mass is 433 g/mol. The molecule has 0 spiro atoms. The average Bonchev–Trinajstić information content (AvgIpc) is 2.76. The van der Waals surface area contributed by atoms with Crippen molar-refractivity contribution in [1.82, 2.24) is 15.6 Å². The van der Waals surface area contributed by atoms with Crippen LogP contribution >= 0.6 is 0 Å². The molecule has 5 heteroatoms. The number of amides is 1. The quantitative estimate of drug-likeness (QED) is 0.459. The standard InChI is InChI=1S/C27H35N3O2/c1-20(29-18-22-13-14-24-19-28-16-15-23(24)17-22)25(30-26(31)32-27(2,3)4)12-8-11-21-9-6-5-7-10-21/h5-7,9-10,13-17,19-20,25,29H,8,11-12,18H2,1-4H3,(H,30,31)/t20-,25+/m1/s1. The summed E-state index contributed by atoms with van der Waals surface area (Å²) in [5.74, 6) is 0. The lowest BCUT2D eigenvalue weighted by Crippen LogP contribution is -2.49. The Morgan fingerprint density at radius 1 is 1.03 bits per heavy atom. The highest BCUT2D eigenvalue weighted by Crippen LogP contribution is 2.16. The molecule has 32 heavy (non-hydrogen) atoms. The number of aryl methyl sites for hydroxylation is 1. The minimum absolute atomic E-state index is 0.0294. The summed E-state index contributed by atoms with van der Waals surface area (Å²) in [5.41, 5.74) is 2.00. The molecule has 2 atom stereocenters.